The van der Waals surface area contributed by atoms with Gasteiger partial charge in [-0.2, -0.15) is 5.01 Å². The molecule has 0 aromatic carbocycles. The lowest BCUT2D eigenvalue weighted by Gasteiger charge is -2.38. The Balaban J connectivity index is 2.00. The van der Waals surface area contributed by atoms with Gasteiger partial charge in [0.05, 0.1) is 5.70 Å². The number of fused-ring (bicyclic) bond motifs is 1. The molecule has 0 saturated carbocycles. The van der Waals surface area contributed by atoms with E-state index in [2.05, 4.69) is 30.2 Å². The molecule has 2 atom stereocenters. The van der Waals surface area contributed by atoms with Gasteiger partial charge in [0, 0.05) is 25.6 Å². The largest absolute Gasteiger partial charge is 0.360 e. The summed E-state index contributed by atoms with van der Waals surface area (Å²) < 4.78 is 5.72. The summed E-state index contributed by atoms with van der Waals surface area (Å²) in [5, 5.41) is 6.61. The average Bonchev–Trinajstić information content (AvgIpc) is 2.82. The maximum atomic E-state index is 12.3. The second-order valence-electron chi connectivity index (χ2n) is 5.98. The van der Waals surface area contributed by atoms with Crippen LogP contribution in [0.2, 0.25) is 0 Å². The van der Waals surface area contributed by atoms with Gasteiger partial charge >= 0.3 is 0 Å². The first-order chi connectivity index (χ1) is 10.6. The van der Waals surface area contributed by atoms with Crippen molar-refractivity contribution < 1.29 is 14.3 Å². The molecule has 2 saturated heterocycles. The summed E-state index contributed by atoms with van der Waals surface area (Å²) in [6.45, 7) is 4.98. The molecule has 0 radical (unpaired) electrons. The van der Waals surface area contributed by atoms with E-state index in [0.29, 0.717) is 12.8 Å². The topological polar surface area (TPSA) is 61.9 Å². The molecule has 0 aromatic heterocycles. The number of allylic oxidation sites excluding steroid dienone is 2. The highest BCUT2D eigenvalue weighted by atomic mass is 16.5. The Hall–Kier alpha value is -1.66. The summed E-state index contributed by atoms with van der Waals surface area (Å²) in [5.41, 5.74) is 3.67. The Bertz CT molecular complexity index is 567. The van der Waals surface area contributed by atoms with Crippen molar-refractivity contribution in [2.75, 3.05) is 13.7 Å². The Morgan fingerprint density at radius 1 is 1.36 bits per heavy atom. The number of hydrazine groups is 1. The van der Waals surface area contributed by atoms with E-state index in [1.807, 2.05) is 5.01 Å². The van der Waals surface area contributed by atoms with Gasteiger partial charge in [-0.1, -0.05) is 6.08 Å². The van der Waals surface area contributed by atoms with Crippen molar-refractivity contribution >= 4 is 11.8 Å². The number of likely N-dealkylation sites (N-methyl/N-ethyl adjacent to an activating group) is 1. The number of methoxy groups -OCH3 is 1. The van der Waals surface area contributed by atoms with Gasteiger partial charge in [-0.15, -0.1) is 0 Å². The summed E-state index contributed by atoms with van der Waals surface area (Å²) >= 11 is 0. The standard InChI is InChI=1S/C16H23N3O3/c1-4-18-14-10(2)6-5-7-11(14)16(22-3)19(18)12-8-9-13(20)17-15(12)21/h7,12,16H,4-6,8-9H2,1-3H3,(H,17,20,21). The van der Waals surface area contributed by atoms with E-state index in [0.717, 1.165) is 25.0 Å². The molecule has 6 nitrogen and oxygen atoms in total. The van der Waals surface area contributed by atoms with E-state index in [-0.39, 0.29) is 24.1 Å². The molecule has 1 aliphatic carbocycles. The summed E-state index contributed by atoms with van der Waals surface area (Å²) in [5.74, 6) is -0.418. The molecule has 6 heteroatoms. The van der Waals surface area contributed by atoms with Crippen LogP contribution >= 0.6 is 0 Å². The number of carbonyl (C=O) groups is 2. The maximum Gasteiger partial charge on any atom is 0.245 e. The lowest BCUT2D eigenvalue weighted by Crippen LogP contribution is -2.58. The number of rotatable bonds is 3. The molecule has 1 N–H and O–H groups in total. The summed E-state index contributed by atoms with van der Waals surface area (Å²) in [6, 6.07) is -0.366. The number of nitrogens with one attached hydrogen (secondary N) is 1. The summed E-state index contributed by atoms with van der Waals surface area (Å²) in [4.78, 5) is 23.7. The van der Waals surface area contributed by atoms with Crippen molar-refractivity contribution in [1.29, 1.82) is 0 Å². The van der Waals surface area contributed by atoms with Gasteiger partial charge in [0.25, 0.3) is 0 Å². The van der Waals surface area contributed by atoms with Crippen LogP contribution in [0.5, 0.6) is 0 Å². The number of hydrogen-bond donors (Lipinski definition) is 1. The van der Waals surface area contributed by atoms with Crippen molar-refractivity contribution in [3.63, 3.8) is 0 Å². The minimum atomic E-state index is -0.366. The van der Waals surface area contributed by atoms with Gasteiger partial charge in [0.1, 0.15) is 6.04 Å². The molecular weight excluding hydrogens is 282 g/mol. The fourth-order valence-corrected chi connectivity index (χ4v) is 3.70. The highest BCUT2D eigenvalue weighted by molar-refractivity contribution is 6.00. The van der Waals surface area contributed by atoms with E-state index in [1.54, 1.807) is 7.11 Å². The summed E-state index contributed by atoms with van der Waals surface area (Å²) in [7, 11) is 1.67. The Morgan fingerprint density at radius 3 is 2.77 bits per heavy atom. The van der Waals surface area contributed by atoms with Crippen LogP contribution < -0.4 is 5.32 Å². The molecule has 2 heterocycles. The second-order valence-corrected chi connectivity index (χ2v) is 5.98. The van der Waals surface area contributed by atoms with E-state index >= 15 is 0 Å². The predicted molar refractivity (Wildman–Crippen MR) is 81.2 cm³/mol. The first-order valence-electron chi connectivity index (χ1n) is 7.91. The van der Waals surface area contributed by atoms with Gasteiger partial charge in [-0.05, 0) is 38.7 Å². The van der Waals surface area contributed by atoms with Gasteiger partial charge in [0.15, 0.2) is 6.23 Å². The molecule has 0 aromatic rings. The Labute approximate surface area is 130 Å². The highest BCUT2D eigenvalue weighted by Crippen LogP contribution is 2.41. The fourth-order valence-electron chi connectivity index (χ4n) is 3.70. The van der Waals surface area contributed by atoms with Gasteiger partial charge < -0.3 is 9.75 Å². The van der Waals surface area contributed by atoms with Crippen molar-refractivity contribution in [2.24, 2.45) is 0 Å². The number of imide groups is 1. The molecule has 3 aliphatic rings. The zero-order valence-electron chi connectivity index (χ0n) is 13.4. The smallest absolute Gasteiger partial charge is 0.245 e. The van der Waals surface area contributed by atoms with E-state index < -0.39 is 0 Å². The number of piperidine rings is 1. The first kappa shape index (κ1) is 15.2. The molecule has 0 bridgehead atoms. The van der Waals surface area contributed by atoms with Crippen molar-refractivity contribution in [1.82, 2.24) is 15.3 Å². The zero-order chi connectivity index (χ0) is 15.9. The third-order valence-electron chi connectivity index (χ3n) is 4.66. The van der Waals surface area contributed by atoms with E-state index in [9.17, 15) is 9.59 Å². The van der Waals surface area contributed by atoms with E-state index in [1.165, 1.54) is 11.3 Å². The fraction of sp³-hybridized carbons (Fsp3) is 0.625. The van der Waals surface area contributed by atoms with Gasteiger partial charge in [-0.3, -0.25) is 14.9 Å². The Morgan fingerprint density at radius 2 is 2.14 bits per heavy atom. The van der Waals surface area contributed by atoms with Crippen LogP contribution in [-0.2, 0) is 14.3 Å². The van der Waals surface area contributed by atoms with Gasteiger partial charge in [0.2, 0.25) is 11.8 Å². The number of hydrogen-bond acceptors (Lipinski definition) is 5. The molecule has 3 rings (SSSR count). The number of ether oxygens (including phenoxy) is 1. The third kappa shape index (κ3) is 2.27. The lowest BCUT2D eigenvalue weighted by molar-refractivity contribution is -0.156. The lowest BCUT2D eigenvalue weighted by atomic mass is 9.96. The molecule has 2 unspecified atom stereocenters. The van der Waals surface area contributed by atoms with Crippen LogP contribution in [0.4, 0.5) is 0 Å². The molecule has 22 heavy (non-hydrogen) atoms. The number of carbonyl (C=O) groups excluding carboxylic acids is 2. The van der Waals surface area contributed by atoms with Crippen LogP contribution in [0.15, 0.2) is 22.9 Å². The second kappa shape index (κ2) is 5.85. The number of nitrogens with zero attached hydrogens (tertiary/aromatic N) is 2. The molecule has 2 amide bonds. The predicted octanol–water partition coefficient (Wildman–Crippen LogP) is 1.31. The third-order valence-corrected chi connectivity index (χ3v) is 4.66. The molecule has 2 fully saturated rings. The van der Waals surface area contributed by atoms with Gasteiger partial charge in [-0.25, -0.2) is 0 Å². The van der Waals surface area contributed by atoms with Crippen molar-refractivity contribution in [3.8, 4) is 0 Å². The van der Waals surface area contributed by atoms with Crippen LogP contribution in [0.25, 0.3) is 0 Å². The van der Waals surface area contributed by atoms with Crippen LogP contribution in [0, 0.1) is 0 Å². The minimum Gasteiger partial charge on any atom is -0.360 e. The van der Waals surface area contributed by atoms with Crippen LogP contribution in [0.3, 0.4) is 0 Å². The quantitative estimate of drug-likeness (QED) is 0.797. The van der Waals surface area contributed by atoms with Crippen LogP contribution in [-0.4, -0.2) is 47.8 Å². The Kier molecular flexibility index (Phi) is 4.06. The molecule has 120 valence electrons. The monoisotopic (exact) mass is 305 g/mol. The first-order valence-corrected chi connectivity index (χ1v) is 7.91. The minimum absolute atomic E-state index is 0.190. The molecule has 2 aliphatic heterocycles. The number of amides is 2. The SMILES string of the molecule is CCN1C2=C(C)CCC=C2C(OC)N1C1CCC(=O)NC1=O. The average molecular weight is 305 g/mol. The zero-order valence-corrected chi connectivity index (χ0v) is 13.4. The highest BCUT2D eigenvalue weighted by Gasteiger charge is 2.47. The van der Waals surface area contributed by atoms with Crippen LogP contribution in [0.1, 0.15) is 39.5 Å². The molecule has 0 spiro atoms. The normalized spacial score (nSPS) is 29.6. The van der Waals surface area contributed by atoms with Crippen molar-refractivity contribution in [3.05, 3.63) is 22.9 Å². The molecular formula is C16H23N3O3. The summed E-state index contributed by atoms with van der Waals surface area (Å²) in [6.07, 6.45) is 4.90. The van der Waals surface area contributed by atoms with E-state index in [4.69, 9.17) is 4.74 Å². The van der Waals surface area contributed by atoms with Crippen molar-refractivity contribution in [2.45, 2.75) is 51.8 Å². The maximum absolute atomic E-state index is 12.3.